The molecule has 0 saturated carbocycles. The standard InChI is InChI=1S/C14H20N2/c15-13-7-3-6-12-11(13)5-4-8-14(12)16-9-1-2-10-16/h3,6-7,14H,1-2,4-5,8-10,15H2. The van der Waals surface area contributed by atoms with E-state index in [1.165, 1.54) is 56.3 Å². The lowest BCUT2D eigenvalue weighted by atomic mass is 9.86. The first-order valence-corrected chi connectivity index (χ1v) is 6.47. The lowest BCUT2D eigenvalue weighted by Crippen LogP contribution is -2.29. The monoisotopic (exact) mass is 216 g/mol. The predicted octanol–water partition coefficient (Wildman–Crippen LogP) is 2.74. The van der Waals surface area contributed by atoms with Crippen molar-refractivity contribution in [3.63, 3.8) is 0 Å². The highest BCUT2D eigenvalue weighted by Gasteiger charge is 2.28. The van der Waals surface area contributed by atoms with E-state index >= 15 is 0 Å². The van der Waals surface area contributed by atoms with E-state index < -0.39 is 0 Å². The number of nitrogens with two attached hydrogens (primary N) is 1. The normalized spacial score (nSPS) is 25.6. The van der Waals surface area contributed by atoms with Crippen molar-refractivity contribution in [3.05, 3.63) is 29.3 Å². The third kappa shape index (κ3) is 1.61. The van der Waals surface area contributed by atoms with Gasteiger partial charge in [-0.1, -0.05) is 12.1 Å². The van der Waals surface area contributed by atoms with Crippen LogP contribution in [0.25, 0.3) is 0 Å². The molecule has 2 aliphatic rings. The number of likely N-dealkylation sites (tertiary alicyclic amines) is 1. The largest absolute Gasteiger partial charge is 0.398 e. The first-order valence-electron chi connectivity index (χ1n) is 6.47. The van der Waals surface area contributed by atoms with Crippen LogP contribution in [0.3, 0.4) is 0 Å². The van der Waals surface area contributed by atoms with E-state index in [9.17, 15) is 0 Å². The first kappa shape index (κ1) is 10.2. The van der Waals surface area contributed by atoms with Crippen LogP contribution in [0.1, 0.15) is 42.9 Å². The topological polar surface area (TPSA) is 29.3 Å². The van der Waals surface area contributed by atoms with Gasteiger partial charge in [0.15, 0.2) is 0 Å². The summed E-state index contributed by atoms with van der Waals surface area (Å²) >= 11 is 0. The molecule has 2 N–H and O–H groups in total. The lowest BCUT2D eigenvalue weighted by molar-refractivity contribution is 0.222. The van der Waals surface area contributed by atoms with E-state index in [4.69, 9.17) is 5.73 Å². The van der Waals surface area contributed by atoms with E-state index in [2.05, 4.69) is 17.0 Å². The van der Waals surface area contributed by atoms with Crippen molar-refractivity contribution in [2.75, 3.05) is 18.8 Å². The van der Waals surface area contributed by atoms with E-state index in [0.717, 1.165) is 5.69 Å². The molecule has 0 spiro atoms. The molecule has 1 unspecified atom stereocenters. The maximum absolute atomic E-state index is 6.08. The molecule has 0 aromatic heterocycles. The van der Waals surface area contributed by atoms with Gasteiger partial charge in [-0.15, -0.1) is 0 Å². The molecule has 1 aromatic rings. The highest BCUT2D eigenvalue weighted by molar-refractivity contribution is 5.52. The van der Waals surface area contributed by atoms with Gasteiger partial charge in [0.25, 0.3) is 0 Å². The fourth-order valence-electron chi connectivity index (χ4n) is 3.28. The van der Waals surface area contributed by atoms with Gasteiger partial charge < -0.3 is 5.73 Å². The van der Waals surface area contributed by atoms with Crippen LogP contribution in [-0.4, -0.2) is 18.0 Å². The van der Waals surface area contributed by atoms with Crippen LogP contribution in [0, 0.1) is 0 Å². The molecule has 16 heavy (non-hydrogen) atoms. The molecule has 86 valence electrons. The number of rotatable bonds is 1. The summed E-state index contributed by atoms with van der Waals surface area (Å²) < 4.78 is 0. The van der Waals surface area contributed by atoms with Crippen molar-refractivity contribution in [3.8, 4) is 0 Å². The van der Waals surface area contributed by atoms with Crippen molar-refractivity contribution in [1.29, 1.82) is 0 Å². The molecule has 3 rings (SSSR count). The van der Waals surface area contributed by atoms with Gasteiger partial charge in [-0.05, 0) is 62.4 Å². The third-order valence-corrected chi connectivity index (χ3v) is 4.09. The maximum atomic E-state index is 6.08. The Morgan fingerprint density at radius 2 is 1.94 bits per heavy atom. The predicted molar refractivity (Wildman–Crippen MR) is 67.3 cm³/mol. The van der Waals surface area contributed by atoms with Crippen molar-refractivity contribution in [2.45, 2.75) is 38.1 Å². The zero-order chi connectivity index (χ0) is 11.0. The summed E-state index contributed by atoms with van der Waals surface area (Å²) in [6.07, 6.45) is 6.52. The Morgan fingerprint density at radius 3 is 2.75 bits per heavy atom. The Kier molecular flexibility index (Phi) is 2.60. The molecular formula is C14H20N2. The fourth-order valence-corrected chi connectivity index (χ4v) is 3.28. The number of anilines is 1. The van der Waals surface area contributed by atoms with Gasteiger partial charge in [-0.3, -0.25) is 4.90 Å². The van der Waals surface area contributed by atoms with Crippen LogP contribution < -0.4 is 5.73 Å². The van der Waals surface area contributed by atoms with E-state index in [1.54, 1.807) is 0 Å². The van der Waals surface area contributed by atoms with Crippen molar-refractivity contribution in [2.24, 2.45) is 0 Å². The second kappa shape index (κ2) is 4.10. The van der Waals surface area contributed by atoms with Crippen LogP contribution in [0.5, 0.6) is 0 Å². The summed E-state index contributed by atoms with van der Waals surface area (Å²) in [6, 6.07) is 7.09. The molecule has 1 atom stereocenters. The highest BCUT2D eigenvalue weighted by Crippen LogP contribution is 2.37. The van der Waals surface area contributed by atoms with Gasteiger partial charge in [-0.2, -0.15) is 0 Å². The molecule has 0 amide bonds. The Morgan fingerprint density at radius 1 is 1.12 bits per heavy atom. The molecule has 1 aromatic carbocycles. The smallest absolute Gasteiger partial charge is 0.0351 e. The van der Waals surface area contributed by atoms with Crippen LogP contribution in [-0.2, 0) is 6.42 Å². The number of hydrogen-bond donors (Lipinski definition) is 1. The molecule has 1 fully saturated rings. The highest BCUT2D eigenvalue weighted by atomic mass is 15.2. The summed E-state index contributed by atoms with van der Waals surface area (Å²) in [4.78, 5) is 2.65. The lowest BCUT2D eigenvalue weighted by Gasteiger charge is -2.33. The Labute approximate surface area is 97.4 Å². The Balaban J connectivity index is 1.96. The van der Waals surface area contributed by atoms with Gasteiger partial charge in [0, 0.05) is 11.7 Å². The molecule has 0 bridgehead atoms. The first-order chi connectivity index (χ1) is 7.86. The molecule has 2 heteroatoms. The summed E-state index contributed by atoms with van der Waals surface area (Å²) in [5, 5.41) is 0. The number of benzene rings is 1. The van der Waals surface area contributed by atoms with Gasteiger partial charge >= 0.3 is 0 Å². The van der Waals surface area contributed by atoms with Crippen LogP contribution in [0.4, 0.5) is 5.69 Å². The minimum atomic E-state index is 0.648. The minimum Gasteiger partial charge on any atom is -0.398 e. The third-order valence-electron chi connectivity index (χ3n) is 4.09. The van der Waals surface area contributed by atoms with E-state index in [0.29, 0.717) is 6.04 Å². The van der Waals surface area contributed by atoms with Crippen LogP contribution in [0.2, 0.25) is 0 Å². The molecule has 1 aliphatic heterocycles. The molecule has 1 heterocycles. The number of nitrogens with zero attached hydrogens (tertiary/aromatic N) is 1. The molecular weight excluding hydrogens is 196 g/mol. The van der Waals surface area contributed by atoms with Crippen LogP contribution in [0.15, 0.2) is 18.2 Å². The number of nitrogen functional groups attached to an aromatic ring is 1. The summed E-state index contributed by atoms with van der Waals surface area (Å²) in [6.45, 7) is 2.55. The van der Waals surface area contributed by atoms with Gasteiger partial charge in [0.2, 0.25) is 0 Å². The average molecular weight is 216 g/mol. The van der Waals surface area contributed by atoms with Crippen molar-refractivity contribution in [1.82, 2.24) is 4.90 Å². The van der Waals surface area contributed by atoms with E-state index in [1.807, 2.05) is 6.07 Å². The zero-order valence-corrected chi connectivity index (χ0v) is 9.78. The minimum absolute atomic E-state index is 0.648. The number of fused-ring (bicyclic) bond motifs is 1. The molecule has 1 saturated heterocycles. The number of hydrogen-bond acceptors (Lipinski definition) is 2. The van der Waals surface area contributed by atoms with Gasteiger partial charge in [-0.25, -0.2) is 0 Å². The van der Waals surface area contributed by atoms with Crippen molar-refractivity contribution >= 4 is 5.69 Å². The fraction of sp³-hybridized carbons (Fsp3) is 0.571. The molecule has 0 radical (unpaired) electrons. The maximum Gasteiger partial charge on any atom is 0.0351 e. The Bertz CT molecular complexity index is 380. The summed E-state index contributed by atoms with van der Waals surface area (Å²) in [5.74, 6) is 0. The SMILES string of the molecule is Nc1cccc2c1CCCC2N1CCCC1. The van der Waals surface area contributed by atoms with Gasteiger partial charge in [0.05, 0.1) is 0 Å². The molecule has 2 nitrogen and oxygen atoms in total. The Hall–Kier alpha value is -1.02. The van der Waals surface area contributed by atoms with Gasteiger partial charge in [0.1, 0.15) is 0 Å². The van der Waals surface area contributed by atoms with Crippen LogP contribution >= 0.6 is 0 Å². The van der Waals surface area contributed by atoms with E-state index in [-0.39, 0.29) is 0 Å². The summed E-state index contributed by atoms with van der Waals surface area (Å²) in [5.41, 5.74) is 10.0. The second-order valence-electron chi connectivity index (χ2n) is 5.07. The quantitative estimate of drug-likeness (QED) is 0.731. The average Bonchev–Trinajstić information content (AvgIpc) is 2.82. The van der Waals surface area contributed by atoms with Crippen molar-refractivity contribution < 1.29 is 0 Å². The second-order valence-corrected chi connectivity index (χ2v) is 5.07. The molecule has 1 aliphatic carbocycles. The summed E-state index contributed by atoms with van der Waals surface area (Å²) in [7, 11) is 0. The zero-order valence-electron chi connectivity index (χ0n) is 9.78.